The van der Waals surface area contributed by atoms with Gasteiger partial charge in [-0.3, -0.25) is 4.57 Å². The van der Waals surface area contributed by atoms with Crippen molar-refractivity contribution in [2.45, 2.75) is 19.9 Å². The number of nitrogens with zero attached hydrogens (tertiary/aromatic N) is 1. The molecule has 4 nitrogen and oxygen atoms in total. The number of aromatic amines is 1. The van der Waals surface area contributed by atoms with Crippen molar-refractivity contribution in [2.24, 2.45) is 0 Å². The molecular formula is C15H16N2O2S. The van der Waals surface area contributed by atoms with E-state index in [1.807, 2.05) is 31.2 Å². The summed E-state index contributed by atoms with van der Waals surface area (Å²) in [4.78, 5) is 3.03. The Labute approximate surface area is 123 Å². The van der Waals surface area contributed by atoms with Crippen LogP contribution in [0.1, 0.15) is 18.2 Å². The van der Waals surface area contributed by atoms with Crippen molar-refractivity contribution in [3.8, 4) is 24.0 Å². The molecule has 1 aromatic carbocycles. The highest BCUT2D eigenvalue weighted by molar-refractivity contribution is 7.71. The lowest BCUT2D eigenvalue weighted by Gasteiger charge is -2.04. The van der Waals surface area contributed by atoms with Gasteiger partial charge in [-0.15, -0.1) is 6.42 Å². The van der Waals surface area contributed by atoms with E-state index in [9.17, 15) is 5.11 Å². The molecule has 0 aliphatic rings. The lowest BCUT2D eigenvalue weighted by molar-refractivity contribution is 0.370. The Balaban J connectivity index is 2.14. The fraction of sp³-hybridized carbons (Fsp3) is 0.267. The maximum atomic E-state index is 10.1. The SMILES string of the molecule is C#CCOc1ccc(Cc2[nH]c(=S)n(CC)c2O)cc1. The van der Waals surface area contributed by atoms with Crippen LogP contribution in [-0.4, -0.2) is 21.3 Å². The minimum atomic E-state index is 0.199. The highest BCUT2D eigenvalue weighted by Crippen LogP contribution is 2.21. The Morgan fingerprint density at radius 3 is 2.65 bits per heavy atom. The van der Waals surface area contributed by atoms with E-state index < -0.39 is 0 Å². The molecule has 0 aliphatic heterocycles. The lowest BCUT2D eigenvalue weighted by atomic mass is 10.1. The van der Waals surface area contributed by atoms with Gasteiger partial charge in [-0.25, -0.2) is 0 Å². The Kier molecular flexibility index (Phi) is 4.49. The maximum Gasteiger partial charge on any atom is 0.213 e. The van der Waals surface area contributed by atoms with Crippen LogP contribution in [0.3, 0.4) is 0 Å². The molecule has 0 fully saturated rings. The Bertz CT molecular complexity index is 677. The van der Waals surface area contributed by atoms with Crippen LogP contribution in [0.2, 0.25) is 0 Å². The molecule has 1 aromatic heterocycles. The van der Waals surface area contributed by atoms with Gasteiger partial charge in [0.2, 0.25) is 5.88 Å². The molecule has 0 aliphatic carbocycles. The zero-order valence-corrected chi connectivity index (χ0v) is 12.0. The van der Waals surface area contributed by atoms with Crippen LogP contribution in [0, 0.1) is 17.1 Å². The van der Waals surface area contributed by atoms with Crippen LogP contribution in [-0.2, 0) is 13.0 Å². The van der Waals surface area contributed by atoms with E-state index in [4.69, 9.17) is 23.4 Å². The highest BCUT2D eigenvalue weighted by Gasteiger charge is 2.10. The minimum absolute atomic E-state index is 0.199. The van der Waals surface area contributed by atoms with E-state index in [2.05, 4.69) is 10.9 Å². The number of terminal acetylenes is 1. The van der Waals surface area contributed by atoms with Crippen molar-refractivity contribution in [3.05, 3.63) is 40.3 Å². The van der Waals surface area contributed by atoms with Gasteiger partial charge in [-0.1, -0.05) is 18.1 Å². The molecule has 0 amide bonds. The number of H-pyrrole nitrogens is 1. The summed E-state index contributed by atoms with van der Waals surface area (Å²) in [7, 11) is 0. The number of imidazole rings is 1. The van der Waals surface area contributed by atoms with Crippen molar-refractivity contribution in [2.75, 3.05) is 6.61 Å². The molecular weight excluding hydrogens is 272 g/mol. The summed E-state index contributed by atoms with van der Waals surface area (Å²) < 4.78 is 7.51. The van der Waals surface area contributed by atoms with Crippen molar-refractivity contribution in [3.63, 3.8) is 0 Å². The van der Waals surface area contributed by atoms with Gasteiger partial charge in [0.25, 0.3) is 0 Å². The number of aromatic hydroxyl groups is 1. The topological polar surface area (TPSA) is 50.2 Å². The second-order valence-corrected chi connectivity index (χ2v) is 4.68. The summed E-state index contributed by atoms with van der Waals surface area (Å²) in [5.41, 5.74) is 1.77. The third kappa shape index (κ3) is 3.03. The quantitative estimate of drug-likeness (QED) is 0.657. The predicted molar refractivity (Wildman–Crippen MR) is 80.5 cm³/mol. The summed E-state index contributed by atoms with van der Waals surface area (Å²) in [6.07, 6.45) is 5.72. The van der Waals surface area contributed by atoms with Crippen molar-refractivity contribution in [1.82, 2.24) is 9.55 Å². The van der Waals surface area contributed by atoms with Crippen LogP contribution in [0.5, 0.6) is 11.6 Å². The number of hydrogen-bond acceptors (Lipinski definition) is 3. The van der Waals surface area contributed by atoms with E-state index in [0.717, 1.165) is 11.3 Å². The molecule has 0 atom stereocenters. The fourth-order valence-corrected chi connectivity index (χ4v) is 2.30. The summed E-state index contributed by atoms with van der Waals surface area (Å²) in [6.45, 7) is 2.83. The molecule has 0 unspecified atom stereocenters. The molecule has 2 aromatic rings. The van der Waals surface area contributed by atoms with Crippen LogP contribution < -0.4 is 4.74 Å². The molecule has 0 saturated carbocycles. The Morgan fingerprint density at radius 2 is 2.10 bits per heavy atom. The molecule has 0 bridgehead atoms. The average molecular weight is 288 g/mol. The largest absolute Gasteiger partial charge is 0.493 e. The van der Waals surface area contributed by atoms with E-state index in [-0.39, 0.29) is 12.5 Å². The molecule has 1 heterocycles. The first kappa shape index (κ1) is 14.2. The van der Waals surface area contributed by atoms with Crippen LogP contribution in [0.15, 0.2) is 24.3 Å². The number of benzene rings is 1. The molecule has 0 radical (unpaired) electrons. The number of hydrogen-bond donors (Lipinski definition) is 2. The average Bonchev–Trinajstić information content (AvgIpc) is 2.72. The third-order valence-electron chi connectivity index (χ3n) is 2.97. The Hall–Kier alpha value is -2.19. The molecule has 0 spiro atoms. The normalized spacial score (nSPS) is 10.2. The highest BCUT2D eigenvalue weighted by atomic mass is 32.1. The zero-order chi connectivity index (χ0) is 14.5. The van der Waals surface area contributed by atoms with Gasteiger partial charge in [-0.05, 0) is 36.8 Å². The van der Waals surface area contributed by atoms with Gasteiger partial charge >= 0.3 is 0 Å². The smallest absolute Gasteiger partial charge is 0.213 e. The summed E-state index contributed by atoms with van der Waals surface area (Å²) in [5, 5.41) is 10.1. The minimum Gasteiger partial charge on any atom is -0.493 e. The summed E-state index contributed by atoms with van der Waals surface area (Å²) in [6, 6.07) is 7.58. The van der Waals surface area contributed by atoms with Gasteiger partial charge in [0.05, 0.1) is 5.69 Å². The van der Waals surface area contributed by atoms with Crippen LogP contribution in [0.25, 0.3) is 0 Å². The predicted octanol–water partition coefficient (Wildman–Crippen LogP) is 2.87. The molecule has 0 saturated heterocycles. The van der Waals surface area contributed by atoms with E-state index in [1.165, 1.54) is 0 Å². The van der Waals surface area contributed by atoms with Gasteiger partial charge < -0.3 is 14.8 Å². The number of aromatic nitrogens is 2. The summed E-state index contributed by atoms with van der Waals surface area (Å²) >= 11 is 5.15. The van der Waals surface area contributed by atoms with Gasteiger partial charge in [0, 0.05) is 13.0 Å². The molecule has 104 valence electrons. The Morgan fingerprint density at radius 1 is 1.40 bits per heavy atom. The summed E-state index contributed by atoms with van der Waals surface area (Å²) in [5.74, 6) is 3.35. The van der Waals surface area contributed by atoms with Crippen molar-refractivity contribution < 1.29 is 9.84 Å². The number of ether oxygens (including phenoxy) is 1. The molecule has 5 heteroatoms. The monoisotopic (exact) mass is 288 g/mol. The number of rotatable bonds is 5. The van der Waals surface area contributed by atoms with Gasteiger partial charge in [-0.2, -0.15) is 0 Å². The number of nitrogens with one attached hydrogen (secondary N) is 1. The van der Waals surface area contributed by atoms with Gasteiger partial charge in [0.15, 0.2) is 4.77 Å². The van der Waals surface area contributed by atoms with Crippen LogP contribution in [0.4, 0.5) is 0 Å². The lowest BCUT2D eigenvalue weighted by Crippen LogP contribution is -1.95. The second kappa shape index (κ2) is 6.31. The first-order valence-corrected chi connectivity index (χ1v) is 6.72. The van der Waals surface area contributed by atoms with Crippen molar-refractivity contribution >= 4 is 12.2 Å². The first-order chi connectivity index (χ1) is 9.65. The van der Waals surface area contributed by atoms with Gasteiger partial charge in [0.1, 0.15) is 12.4 Å². The van der Waals surface area contributed by atoms with E-state index in [1.54, 1.807) is 4.57 Å². The third-order valence-corrected chi connectivity index (χ3v) is 3.29. The second-order valence-electron chi connectivity index (χ2n) is 4.29. The van der Waals surface area contributed by atoms with Crippen molar-refractivity contribution in [1.29, 1.82) is 0 Å². The first-order valence-electron chi connectivity index (χ1n) is 6.31. The molecule has 2 N–H and O–H groups in total. The maximum absolute atomic E-state index is 10.1. The molecule has 20 heavy (non-hydrogen) atoms. The zero-order valence-electron chi connectivity index (χ0n) is 11.2. The standard InChI is InChI=1S/C15H16N2O2S/c1-3-9-19-12-7-5-11(6-8-12)10-13-14(18)17(4-2)15(20)16-13/h1,5-8,18H,4,9-10H2,2H3,(H,16,20). The fourth-order valence-electron chi connectivity index (χ4n) is 1.96. The van der Waals surface area contributed by atoms with E-state index in [0.29, 0.717) is 23.4 Å². The van der Waals surface area contributed by atoms with E-state index >= 15 is 0 Å². The molecule has 2 rings (SSSR count). The van der Waals surface area contributed by atoms with Crippen LogP contribution >= 0.6 is 12.2 Å².